The van der Waals surface area contributed by atoms with Gasteiger partial charge < -0.3 is 9.64 Å². The molecule has 0 radical (unpaired) electrons. The maximum atomic E-state index is 5.87. The fourth-order valence-electron chi connectivity index (χ4n) is 2.70. The summed E-state index contributed by atoms with van der Waals surface area (Å²) >= 11 is 5.87. The molecule has 0 unspecified atom stereocenters. The Morgan fingerprint density at radius 1 is 0.909 bits per heavy atom. The van der Waals surface area contributed by atoms with Gasteiger partial charge in [-0.05, 0) is 62.9 Å². The Balaban J connectivity index is 0.00000220. The van der Waals surface area contributed by atoms with E-state index in [9.17, 15) is 0 Å². The summed E-state index contributed by atoms with van der Waals surface area (Å²) in [5.74, 6) is 0. The molecule has 1 heterocycles. The molecule has 22 heavy (non-hydrogen) atoms. The Kier molecular flexibility index (Phi) is 13.5. The van der Waals surface area contributed by atoms with Gasteiger partial charge in [0.1, 0.15) is 0 Å². The standard InChI is InChI=1S/C17H26ClNO.2ClH/c18-17-9-7-16(8-10-17)6-4-14-20-15-5-13-19-11-2-1-3-12-19;;/h7-10H,1-6,11-15H2;2*1H. The van der Waals surface area contributed by atoms with Crippen LogP contribution in [0.15, 0.2) is 24.3 Å². The minimum absolute atomic E-state index is 0. The monoisotopic (exact) mass is 367 g/mol. The molecule has 0 spiro atoms. The molecule has 1 aromatic rings. The minimum Gasteiger partial charge on any atom is -0.381 e. The van der Waals surface area contributed by atoms with Crippen molar-refractivity contribution in [3.8, 4) is 0 Å². The highest BCUT2D eigenvalue weighted by molar-refractivity contribution is 6.30. The number of hydrogen-bond donors (Lipinski definition) is 0. The molecule has 128 valence electrons. The minimum atomic E-state index is 0. The van der Waals surface area contributed by atoms with E-state index in [2.05, 4.69) is 17.0 Å². The van der Waals surface area contributed by atoms with Crippen LogP contribution in [0.2, 0.25) is 5.02 Å². The van der Waals surface area contributed by atoms with E-state index < -0.39 is 0 Å². The van der Waals surface area contributed by atoms with Gasteiger partial charge in [0, 0.05) is 24.8 Å². The lowest BCUT2D eigenvalue weighted by Gasteiger charge is -2.26. The average Bonchev–Trinajstić information content (AvgIpc) is 2.49. The SMILES string of the molecule is Cl.Cl.Clc1ccc(CCCOCCCN2CCCCC2)cc1. The highest BCUT2D eigenvalue weighted by Gasteiger charge is 2.08. The second-order valence-corrected chi connectivity index (χ2v) is 6.03. The van der Waals surface area contributed by atoms with Crippen LogP contribution in [0.1, 0.15) is 37.7 Å². The smallest absolute Gasteiger partial charge is 0.0478 e. The third-order valence-electron chi connectivity index (χ3n) is 3.88. The summed E-state index contributed by atoms with van der Waals surface area (Å²) in [6, 6.07) is 8.10. The predicted molar refractivity (Wildman–Crippen MR) is 100.0 cm³/mol. The summed E-state index contributed by atoms with van der Waals surface area (Å²) in [4.78, 5) is 2.57. The molecule has 0 saturated carbocycles. The number of aryl methyl sites for hydroxylation is 1. The fraction of sp³-hybridized carbons (Fsp3) is 0.647. The van der Waals surface area contributed by atoms with Crippen molar-refractivity contribution in [3.63, 3.8) is 0 Å². The van der Waals surface area contributed by atoms with E-state index in [4.69, 9.17) is 16.3 Å². The van der Waals surface area contributed by atoms with E-state index in [0.29, 0.717) is 0 Å². The second-order valence-electron chi connectivity index (χ2n) is 5.60. The molecule has 0 atom stereocenters. The zero-order chi connectivity index (χ0) is 14.0. The molecule has 0 aromatic heterocycles. The summed E-state index contributed by atoms with van der Waals surface area (Å²) in [5.41, 5.74) is 1.34. The molecular formula is C17H28Cl3NO. The van der Waals surface area contributed by atoms with E-state index in [1.165, 1.54) is 50.9 Å². The van der Waals surface area contributed by atoms with Crippen molar-refractivity contribution >= 4 is 36.4 Å². The molecule has 2 rings (SSSR count). The maximum Gasteiger partial charge on any atom is 0.0478 e. The Morgan fingerprint density at radius 3 is 2.23 bits per heavy atom. The average molecular weight is 369 g/mol. The summed E-state index contributed by atoms with van der Waals surface area (Å²) in [7, 11) is 0. The number of nitrogens with zero attached hydrogens (tertiary/aromatic N) is 1. The van der Waals surface area contributed by atoms with Crippen LogP contribution >= 0.6 is 36.4 Å². The van der Waals surface area contributed by atoms with Crippen LogP contribution in [0.3, 0.4) is 0 Å². The lowest BCUT2D eigenvalue weighted by Crippen LogP contribution is -2.31. The Bertz CT molecular complexity index is 367. The number of likely N-dealkylation sites (tertiary alicyclic amines) is 1. The molecule has 0 aliphatic carbocycles. The number of halogens is 3. The molecule has 1 aliphatic heterocycles. The molecule has 5 heteroatoms. The van der Waals surface area contributed by atoms with Gasteiger partial charge in [-0.2, -0.15) is 0 Å². The van der Waals surface area contributed by atoms with E-state index in [0.717, 1.165) is 31.1 Å². The van der Waals surface area contributed by atoms with Crippen molar-refractivity contribution in [1.29, 1.82) is 0 Å². The van der Waals surface area contributed by atoms with Crippen molar-refractivity contribution in [2.75, 3.05) is 32.8 Å². The highest BCUT2D eigenvalue weighted by atomic mass is 35.5. The number of piperidine rings is 1. The molecule has 0 bridgehead atoms. The van der Waals surface area contributed by atoms with E-state index in [-0.39, 0.29) is 24.8 Å². The van der Waals surface area contributed by atoms with Crippen LogP contribution in [-0.4, -0.2) is 37.7 Å². The first-order chi connectivity index (χ1) is 9.84. The van der Waals surface area contributed by atoms with E-state index in [1.54, 1.807) is 0 Å². The third-order valence-corrected chi connectivity index (χ3v) is 4.13. The van der Waals surface area contributed by atoms with Crippen molar-refractivity contribution in [2.45, 2.75) is 38.5 Å². The Labute approximate surface area is 152 Å². The van der Waals surface area contributed by atoms with E-state index >= 15 is 0 Å². The molecule has 1 aliphatic rings. The summed E-state index contributed by atoms with van der Waals surface area (Å²) < 4.78 is 5.72. The van der Waals surface area contributed by atoms with Gasteiger partial charge in [-0.25, -0.2) is 0 Å². The lowest BCUT2D eigenvalue weighted by molar-refractivity contribution is 0.115. The number of benzene rings is 1. The van der Waals surface area contributed by atoms with Crippen molar-refractivity contribution in [3.05, 3.63) is 34.9 Å². The molecule has 1 saturated heterocycles. The summed E-state index contributed by atoms with van der Waals surface area (Å²) in [5, 5.41) is 0.808. The van der Waals surface area contributed by atoms with Gasteiger partial charge in [0.15, 0.2) is 0 Å². The normalized spacial score (nSPS) is 15.0. The fourth-order valence-corrected chi connectivity index (χ4v) is 2.83. The van der Waals surface area contributed by atoms with Crippen molar-refractivity contribution < 1.29 is 4.74 Å². The van der Waals surface area contributed by atoms with Gasteiger partial charge in [0.05, 0.1) is 0 Å². The molecule has 0 amide bonds. The largest absolute Gasteiger partial charge is 0.381 e. The van der Waals surface area contributed by atoms with Crippen LogP contribution in [0.25, 0.3) is 0 Å². The summed E-state index contributed by atoms with van der Waals surface area (Å²) in [6.45, 7) is 5.55. The van der Waals surface area contributed by atoms with Gasteiger partial charge in [-0.15, -0.1) is 24.8 Å². The predicted octanol–water partition coefficient (Wildman–Crippen LogP) is 5.01. The first kappa shape index (κ1) is 22.0. The lowest BCUT2D eigenvalue weighted by atomic mass is 10.1. The summed E-state index contributed by atoms with van der Waals surface area (Å²) in [6.07, 6.45) is 7.50. The first-order valence-electron chi connectivity index (χ1n) is 7.89. The van der Waals surface area contributed by atoms with Gasteiger partial charge in [-0.3, -0.25) is 0 Å². The molecule has 0 N–H and O–H groups in total. The maximum absolute atomic E-state index is 5.87. The molecule has 1 aromatic carbocycles. The van der Waals surface area contributed by atoms with Crippen LogP contribution in [0.4, 0.5) is 0 Å². The Hall–Kier alpha value is 0.01000. The second kappa shape index (κ2) is 13.4. The van der Waals surface area contributed by atoms with Gasteiger partial charge in [0.25, 0.3) is 0 Å². The topological polar surface area (TPSA) is 12.5 Å². The third kappa shape index (κ3) is 9.22. The highest BCUT2D eigenvalue weighted by Crippen LogP contribution is 2.11. The molecule has 2 nitrogen and oxygen atoms in total. The Morgan fingerprint density at radius 2 is 1.55 bits per heavy atom. The molecular weight excluding hydrogens is 341 g/mol. The van der Waals surface area contributed by atoms with Crippen LogP contribution in [-0.2, 0) is 11.2 Å². The molecule has 1 fully saturated rings. The van der Waals surface area contributed by atoms with Gasteiger partial charge >= 0.3 is 0 Å². The number of ether oxygens (including phenoxy) is 1. The van der Waals surface area contributed by atoms with Crippen molar-refractivity contribution in [1.82, 2.24) is 4.90 Å². The van der Waals surface area contributed by atoms with Crippen LogP contribution in [0, 0.1) is 0 Å². The van der Waals surface area contributed by atoms with Crippen LogP contribution < -0.4 is 0 Å². The van der Waals surface area contributed by atoms with Crippen molar-refractivity contribution in [2.24, 2.45) is 0 Å². The zero-order valence-electron chi connectivity index (χ0n) is 13.1. The quantitative estimate of drug-likeness (QED) is 0.598. The van der Waals surface area contributed by atoms with Gasteiger partial charge in [0.2, 0.25) is 0 Å². The first-order valence-corrected chi connectivity index (χ1v) is 8.27. The number of rotatable bonds is 8. The number of hydrogen-bond acceptors (Lipinski definition) is 2. The zero-order valence-corrected chi connectivity index (χ0v) is 15.5. The van der Waals surface area contributed by atoms with Crippen LogP contribution in [0.5, 0.6) is 0 Å². The van der Waals surface area contributed by atoms with Gasteiger partial charge in [-0.1, -0.05) is 30.2 Å². The van der Waals surface area contributed by atoms with E-state index in [1.807, 2.05) is 12.1 Å².